The molecular weight excluding hydrogens is 374 g/mol. The Morgan fingerprint density at radius 2 is 1.90 bits per heavy atom. The highest BCUT2D eigenvalue weighted by Gasteiger charge is 2.30. The first kappa shape index (κ1) is 20.5. The van der Waals surface area contributed by atoms with E-state index >= 15 is 0 Å². The third-order valence-corrected chi connectivity index (χ3v) is 6.25. The molecule has 0 saturated heterocycles. The molecule has 2 heterocycles. The Bertz CT molecular complexity index is 1060. The molecule has 0 bridgehead atoms. The SMILES string of the molecule is CNc1ncc(-c2nc(-c3cc(C)c(CCN)c(C)c3)no2)c2c1CC(C)(C)CC2. The molecule has 0 atom stereocenters. The van der Waals surface area contributed by atoms with Gasteiger partial charge in [-0.3, -0.25) is 0 Å². The van der Waals surface area contributed by atoms with Crippen molar-refractivity contribution >= 4 is 5.82 Å². The molecule has 1 aromatic carbocycles. The summed E-state index contributed by atoms with van der Waals surface area (Å²) < 4.78 is 5.71. The van der Waals surface area contributed by atoms with Crippen LogP contribution in [0.2, 0.25) is 0 Å². The second-order valence-corrected chi connectivity index (χ2v) is 9.12. The number of pyridine rings is 1. The highest BCUT2D eigenvalue weighted by atomic mass is 16.5. The predicted octanol–water partition coefficient (Wildman–Crippen LogP) is 4.47. The van der Waals surface area contributed by atoms with E-state index in [9.17, 15) is 0 Å². The van der Waals surface area contributed by atoms with Crippen LogP contribution < -0.4 is 11.1 Å². The van der Waals surface area contributed by atoms with Gasteiger partial charge < -0.3 is 15.6 Å². The van der Waals surface area contributed by atoms with E-state index in [2.05, 4.69) is 55.3 Å². The van der Waals surface area contributed by atoms with E-state index < -0.39 is 0 Å². The van der Waals surface area contributed by atoms with Crippen LogP contribution in [0, 0.1) is 19.3 Å². The number of anilines is 1. The second-order valence-electron chi connectivity index (χ2n) is 9.12. The summed E-state index contributed by atoms with van der Waals surface area (Å²) in [5, 5.41) is 7.53. The molecular formula is C24H31N5O. The standard InChI is InChI=1S/C24H31N5O/c1-14-10-16(11-15(2)17(14)7-9-25)21-28-23(30-29-21)20-13-27-22(26-5)19-12-24(3,4)8-6-18(19)20/h10-11,13H,6-9,12,25H2,1-5H3,(H,26,27). The number of rotatable bonds is 5. The van der Waals surface area contributed by atoms with E-state index in [1.807, 2.05) is 13.2 Å². The highest BCUT2D eigenvalue weighted by molar-refractivity contribution is 5.68. The summed E-state index contributed by atoms with van der Waals surface area (Å²) in [6.07, 6.45) is 5.84. The fourth-order valence-electron chi connectivity index (χ4n) is 4.61. The number of aromatic nitrogens is 3. The first-order valence-corrected chi connectivity index (χ1v) is 10.7. The Balaban J connectivity index is 1.74. The van der Waals surface area contributed by atoms with Crippen molar-refractivity contribution in [2.75, 3.05) is 18.9 Å². The van der Waals surface area contributed by atoms with Crippen molar-refractivity contribution in [2.45, 2.75) is 53.4 Å². The third kappa shape index (κ3) is 3.72. The van der Waals surface area contributed by atoms with Crippen molar-refractivity contribution in [1.29, 1.82) is 0 Å². The molecule has 0 fully saturated rings. The van der Waals surface area contributed by atoms with Crippen molar-refractivity contribution < 1.29 is 4.52 Å². The second kappa shape index (κ2) is 7.84. The molecule has 0 amide bonds. The summed E-state index contributed by atoms with van der Waals surface area (Å²) in [6.45, 7) is 9.49. The number of benzene rings is 1. The van der Waals surface area contributed by atoms with Crippen LogP contribution in [0.3, 0.4) is 0 Å². The minimum atomic E-state index is 0.263. The summed E-state index contributed by atoms with van der Waals surface area (Å²) >= 11 is 0. The van der Waals surface area contributed by atoms with Crippen molar-refractivity contribution in [3.63, 3.8) is 0 Å². The van der Waals surface area contributed by atoms with Crippen LogP contribution in [0.1, 0.15) is 48.1 Å². The molecule has 4 rings (SSSR count). The van der Waals surface area contributed by atoms with E-state index in [0.29, 0.717) is 18.3 Å². The number of nitrogens with zero attached hydrogens (tertiary/aromatic N) is 3. The van der Waals surface area contributed by atoms with Crippen molar-refractivity contribution in [3.8, 4) is 22.8 Å². The first-order chi connectivity index (χ1) is 14.3. The average Bonchev–Trinajstić information content (AvgIpc) is 3.19. The fraction of sp³-hybridized carbons (Fsp3) is 0.458. The molecule has 6 nitrogen and oxygen atoms in total. The van der Waals surface area contributed by atoms with Crippen LogP contribution in [0.25, 0.3) is 22.8 Å². The van der Waals surface area contributed by atoms with Gasteiger partial charge in [0.25, 0.3) is 5.89 Å². The van der Waals surface area contributed by atoms with Crippen LogP contribution in [0.5, 0.6) is 0 Å². The summed E-state index contributed by atoms with van der Waals surface area (Å²) in [6, 6.07) is 4.24. The summed E-state index contributed by atoms with van der Waals surface area (Å²) in [5.74, 6) is 2.10. The number of hydrogen-bond acceptors (Lipinski definition) is 6. The Morgan fingerprint density at radius 1 is 1.17 bits per heavy atom. The monoisotopic (exact) mass is 405 g/mol. The van der Waals surface area contributed by atoms with Crippen LogP contribution in [-0.2, 0) is 19.3 Å². The van der Waals surface area contributed by atoms with Crippen LogP contribution in [-0.4, -0.2) is 28.7 Å². The minimum Gasteiger partial charge on any atom is -0.373 e. The highest BCUT2D eigenvalue weighted by Crippen LogP contribution is 2.41. The normalized spacial score (nSPS) is 15.1. The lowest BCUT2D eigenvalue weighted by Gasteiger charge is -2.32. The summed E-state index contributed by atoms with van der Waals surface area (Å²) in [7, 11) is 1.92. The lowest BCUT2D eigenvalue weighted by Crippen LogP contribution is -2.24. The minimum absolute atomic E-state index is 0.263. The molecule has 2 aromatic heterocycles. The van der Waals surface area contributed by atoms with Gasteiger partial charge in [-0.25, -0.2) is 4.98 Å². The topological polar surface area (TPSA) is 89.9 Å². The van der Waals surface area contributed by atoms with Gasteiger partial charge in [-0.1, -0.05) is 19.0 Å². The van der Waals surface area contributed by atoms with Crippen molar-refractivity contribution in [2.24, 2.45) is 11.1 Å². The number of fused-ring (bicyclic) bond motifs is 1. The van der Waals surface area contributed by atoms with Gasteiger partial charge in [-0.05, 0) is 91.4 Å². The molecule has 3 aromatic rings. The van der Waals surface area contributed by atoms with E-state index in [1.165, 1.54) is 27.8 Å². The third-order valence-electron chi connectivity index (χ3n) is 6.25. The maximum atomic E-state index is 5.76. The van der Waals surface area contributed by atoms with Crippen molar-refractivity contribution in [1.82, 2.24) is 15.1 Å². The largest absolute Gasteiger partial charge is 0.373 e. The molecule has 0 spiro atoms. The fourth-order valence-corrected chi connectivity index (χ4v) is 4.61. The van der Waals surface area contributed by atoms with Crippen LogP contribution in [0.4, 0.5) is 5.82 Å². The molecule has 1 aliphatic carbocycles. The van der Waals surface area contributed by atoms with Gasteiger partial charge in [0.1, 0.15) is 5.82 Å². The van der Waals surface area contributed by atoms with Gasteiger partial charge >= 0.3 is 0 Å². The van der Waals surface area contributed by atoms with Crippen LogP contribution >= 0.6 is 0 Å². The summed E-state index contributed by atoms with van der Waals surface area (Å²) in [5.41, 5.74) is 14.2. The van der Waals surface area contributed by atoms with Gasteiger partial charge in [0.15, 0.2) is 0 Å². The van der Waals surface area contributed by atoms with Gasteiger partial charge in [-0.15, -0.1) is 0 Å². The number of aryl methyl sites for hydroxylation is 2. The molecule has 0 radical (unpaired) electrons. The number of nitrogens with one attached hydrogen (secondary N) is 1. The molecule has 0 unspecified atom stereocenters. The number of hydrogen-bond donors (Lipinski definition) is 2. The molecule has 0 aliphatic heterocycles. The van der Waals surface area contributed by atoms with E-state index in [1.54, 1.807) is 0 Å². The molecule has 1 aliphatic rings. The summed E-state index contributed by atoms with van der Waals surface area (Å²) in [4.78, 5) is 9.39. The lowest BCUT2D eigenvalue weighted by atomic mass is 9.73. The van der Waals surface area contributed by atoms with Gasteiger partial charge in [0.2, 0.25) is 5.82 Å². The van der Waals surface area contributed by atoms with E-state index in [0.717, 1.165) is 42.6 Å². The van der Waals surface area contributed by atoms with E-state index in [4.69, 9.17) is 15.2 Å². The lowest BCUT2D eigenvalue weighted by molar-refractivity contribution is 0.315. The molecule has 3 N–H and O–H groups in total. The molecule has 6 heteroatoms. The number of nitrogens with two attached hydrogens (primary N) is 1. The Morgan fingerprint density at radius 3 is 2.57 bits per heavy atom. The molecule has 158 valence electrons. The Hall–Kier alpha value is -2.73. The smallest absolute Gasteiger partial charge is 0.260 e. The van der Waals surface area contributed by atoms with Gasteiger partial charge in [0, 0.05) is 18.8 Å². The predicted molar refractivity (Wildman–Crippen MR) is 121 cm³/mol. The Kier molecular flexibility index (Phi) is 5.36. The van der Waals surface area contributed by atoms with Gasteiger partial charge in [-0.2, -0.15) is 4.98 Å². The molecule has 0 saturated carbocycles. The average molecular weight is 406 g/mol. The first-order valence-electron chi connectivity index (χ1n) is 10.7. The van der Waals surface area contributed by atoms with E-state index in [-0.39, 0.29) is 5.41 Å². The molecule has 30 heavy (non-hydrogen) atoms. The quantitative estimate of drug-likeness (QED) is 0.651. The van der Waals surface area contributed by atoms with Crippen LogP contribution in [0.15, 0.2) is 22.9 Å². The maximum Gasteiger partial charge on any atom is 0.260 e. The maximum absolute atomic E-state index is 5.76. The zero-order chi connectivity index (χ0) is 21.5. The van der Waals surface area contributed by atoms with Gasteiger partial charge in [0.05, 0.1) is 5.56 Å². The van der Waals surface area contributed by atoms with Crippen molar-refractivity contribution in [3.05, 3.63) is 46.1 Å². The zero-order valence-corrected chi connectivity index (χ0v) is 18.6. The zero-order valence-electron chi connectivity index (χ0n) is 18.6. The Labute approximate surface area is 178 Å².